The second kappa shape index (κ2) is 34.8. The molecule has 8 N–H and O–H groups in total. The molecule has 0 aromatic heterocycles. The number of hydrogen-bond donors (Lipinski definition) is 8. The molecule has 338 valence electrons. The fourth-order valence-electron chi connectivity index (χ4n) is 7.49. The Morgan fingerprint density at radius 1 is 0.579 bits per heavy atom. The maximum absolute atomic E-state index is 12.9. The smallest absolute Gasteiger partial charge is 0.387 e. The number of unbranched alkanes of at least 4 members (excludes halogenated alkanes) is 27. The number of carbonyl (C=O) groups is 1. The van der Waals surface area contributed by atoms with Crippen LogP contribution in [0.25, 0.3) is 0 Å². The number of allylic oxidation sites excluding steroid dienone is 1. The highest BCUT2D eigenvalue weighted by molar-refractivity contribution is 7.47. The topological polar surface area (TPSA) is 206 Å². The van der Waals surface area contributed by atoms with Crippen LogP contribution in [0.1, 0.15) is 206 Å². The van der Waals surface area contributed by atoms with Gasteiger partial charge in [-0.2, -0.15) is 0 Å². The number of phosphoric acid groups is 1. The molecule has 0 radical (unpaired) electrons. The maximum Gasteiger partial charge on any atom is 0.472 e. The molecule has 1 aliphatic rings. The maximum atomic E-state index is 12.9. The summed E-state index contributed by atoms with van der Waals surface area (Å²) < 4.78 is 22.8. The van der Waals surface area contributed by atoms with E-state index in [1.165, 1.54) is 141 Å². The quantitative estimate of drug-likeness (QED) is 0.0168. The number of amides is 1. The van der Waals surface area contributed by atoms with Crippen LogP contribution in [0, 0.1) is 0 Å². The van der Waals surface area contributed by atoms with Gasteiger partial charge >= 0.3 is 7.82 Å². The predicted molar refractivity (Wildman–Crippen MR) is 228 cm³/mol. The summed E-state index contributed by atoms with van der Waals surface area (Å²) >= 11 is 0. The zero-order valence-corrected chi connectivity index (χ0v) is 36.8. The lowest BCUT2D eigenvalue weighted by Gasteiger charge is -2.41. The molecule has 0 heterocycles. The lowest BCUT2D eigenvalue weighted by Crippen LogP contribution is -2.64. The average molecular weight is 836 g/mol. The lowest BCUT2D eigenvalue weighted by atomic mass is 9.85. The molecule has 1 saturated carbocycles. The predicted octanol–water partition coefficient (Wildman–Crippen LogP) is 8.45. The molecule has 0 bridgehead atoms. The minimum Gasteiger partial charge on any atom is -0.387 e. The van der Waals surface area contributed by atoms with Crippen LogP contribution in [-0.4, -0.2) is 96.8 Å². The molecule has 1 aliphatic carbocycles. The number of hydrogen-bond acceptors (Lipinski definition) is 10. The zero-order valence-electron chi connectivity index (χ0n) is 35.9. The molecule has 6 unspecified atom stereocenters. The molecule has 9 atom stereocenters. The third kappa shape index (κ3) is 26.8. The van der Waals surface area contributed by atoms with Crippen molar-refractivity contribution >= 4 is 13.7 Å². The fraction of sp³-hybridized carbons (Fsp3) is 0.932. The van der Waals surface area contributed by atoms with Crippen LogP contribution in [0.3, 0.4) is 0 Å². The normalized spacial score (nSPS) is 23.5. The second-order valence-electron chi connectivity index (χ2n) is 16.6. The number of aliphatic hydroxyl groups excluding tert-OH is 6. The van der Waals surface area contributed by atoms with Gasteiger partial charge < -0.3 is 40.8 Å². The van der Waals surface area contributed by atoms with E-state index in [9.17, 15) is 44.9 Å². The van der Waals surface area contributed by atoms with Crippen LogP contribution in [0.4, 0.5) is 0 Å². The van der Waals surface area contributed by atoms with Crippen molar-refractivity contribution in [3.8, 4) is 0 Å². The van der Waals surface area contributed by atoms with E-state index >= 15 is 0 Å². The SMILES string of the molecule is CCCCCCCCC/C=C/[C@@H](O)[C@H](COP(=O)(O)OC1C(O)C(O)C(O)[C@@H](O)C1O)NC(=O)CCCCCCCCCCCCCCCCCCCCCCC. The third-order valence-electron chi connectivity index (χ3n) is 11.3. The number of carbonyl (C=O) groups excluding carboxylic acids is 1. The first-order chi connectivity index (χ1) is 27.4. The van der Waals surface area contributed by atoms with Gasteiger partial charge in [-0.1, -0.05) is 193 Å². The summed E-state index contributed by atoms with van der Waals surface area (Å²) in [5, 5.41) is 63.8. The van der Waals surface area contributed by atoms with Gasteiger partial charge in [-0.3, -0.25) is 13.8 Å². The van der Waals surface area contributed by atoms with Crippen LogP contribution in [0.5, 0.6) is 0 Å². The Balaban J connectivity index is 2.38. The van der Waals surface area contributed by atoms with Gasteiger partial charge in [0.05, 0.1) is 18.8 Å². The Morgan fingerprint density at radius 2 is 0.930 bits per heavy atom. The first kappa shape index (κ1) is 54.1. The molecule has 57 heavy (non-hydrogen) atoms. The van der Waals surface area contributed by atoms with Crippen molar-refractivity contribution in [1.29, 1.82) is 0 Å². The van der Waals surface area contributed by atoms with Gasteiger partial charge in [0, 0.05) is 6.42 Å². The van der Waals surface area contributed by atoms with Crippen molar-refractivity contribution in [2.24, 2.45) is 0 Å². The largest absolute Gasteiger partial charge is 0.472 e. The Hall–Kier alpha value is -0.920. The number of phosphoric ester groups is 1. The molecule has 1 rings (SSSR count). The molecule has 1 fully saturated rings. The first-order valence-corrected chi connectivity index (χ1v) is 24.6. The molecule has 1 amide bonds. The van der Waals surface area contributed by atoms with Gasteiger partial charge in [0.2, 0.25) is 5.91 Å². The highest BCUT2D eigenvalue weighted by Gasteiger charge is 2.51. The molecule has 12 nitrogen and oxygen atoms in total. The summed E-state index contributed by atoms with van der Waals surface area (Å²) in [5.41, 5.74) is 0. The molecular weight excluding hydrogens is 749 g/mol. The van der Waals surface area contributed by atoms with Gasteiger partial charge in [0.15, 0.2) is 0 Å². The van der Waals surface area contributed by atoms with Crippen LogP contribution in [-0.2, 0) is 18.4 Å². The van der Waals surface area contributed by atoms with E-state index in [-0.39, 0.29) is 12.3 Å². The third-order valence-corrected chi connectivity index (χ3v) is 12.3. The van der Waals surface area contributed by atoms with Gasteiger partial charge in [-0.05, 0) is 19.3 Å². The molecule has 13 heteroatoms. The van der Waals surface area contributed by atoms with Crippen LogP contribution in [0.2, 0.25) is 0 Å². The molecule has 0 aromatic rings. The second-order valence-corrected chi connectivity index (χ2v) is 18.0. The Labute approximate surface area is 346 Å². The zero-order chi connectivity index (χ0) is 42.2. The van der Waals surface area contributed by atoms with E-state index in [2.05, 4.69) is 19.2 Å². The van der Waals surface area contributed by atoms with E-state index < -0.39 is 63.2 Å². The Bertz CT molecular complexity index is 1020. The molecule has 0 saturated heterocycles. The molecular formula is C44H86NO11P. The highest BCUT2D eigenvalue weighted by atomic mass is 31.2. The summed E-state index contributed by atoms with van der Waals surface area (Å²) in [6, 6.07) is -1.11. The van der Waals surface area contributed by atoms with Crippen molar-refractivity contribution in [2.75, 3.05) is 6.61 Å². The lowest BCUT2D eigenvalue weighted by molar-refractivity contribution is -0.220. The molecule has 0 aromatic carbocycles. The summed E-state index contributed by atoms with van der Waals surface area (Å²) in [6.07, 6.45) is 26.0. The minimum absolute atomic E-state index is 0.218. The number of rotatable bonds is 38. The standard InChI is InChI=1S/C44H86NO11P/c1-3-5-7-9-11-13-14-15-16-17-18-19-20-21-22-23-24-26-28-30-32-34-38(47)45-36(37(46)33-31-29-27-25-12-10-8-6-4-2)35-55-57(53,54)56-44-42(51)40(49)39(48)41(50)43(44)52/h31,33,36-37,39-44,46,48-52H,3-30,32,34-35H2,1-2H3,(H,45,47)(H,53,54)/b33-31+/t36-,37+,39?,40+,41?,42?,43?,44?/m0/s1. The number of nitrogens with one attached hydrogen (secondary N) is 1. The Kier molecular flexibility index (Phi) is 33.0. The fourth-order valence-corrected chi connectivity index (χ4v) is 8.46. The van der Waals surface area contributed by atoms with Gasteiger partial charge in [-0.15, -0.1) is 0 Å². The summed E-state index contributed by atoms with van der Waals surface area (Å²) in [7, 11) is -5.07. The van der Waals surface area contributed by atoms with E-state index in [1.807, 2.05) is 6.08 Å². The van der Waals surface area contributed by atoms with Crippen molar-refractivity contribution in [3.05, 3.63) is 12.2 Å². The minimum atomic E-state index is -5.07. The van der Waals surface area contributed by atoms with Crippen molar-refractivity contribution in [2.45, 2.75) is 255 Å². The van der Waals surface area contributed by atoms with E-state index in [4.69, 9.17) is 9.05 Å². The van der Waals surface area contributed by atoms with E-state index in [1.54, 1.807) is 0 Å². The van der Waals surface area contributed by atoms with Gasteiger partial charge in [0.25, 0.3) is 0 Å². The van der Waals surface area contributed by atoms with Gasteiger partial charge in [-0.25, -0.2) is 4.57 Å². The monoisotopic (exact) mass is 836 g/mol. The van der Waals surface area contributed by atoms with Crippen molar-refractivity contribution < 1.29 is 53.9 Å². The molecule has 0 aliphatic heterocycles. The van der Waals surface area contributed by atoms with Crippen molar-refractivity contribution in [3.63, 3.8) is 0 Å². The highest BCUT2D eigenvalue weighted by Crippen LogP contribution is 2.47. The Morgan fingerprint density at radius 3 is 1.33 bits per heavy atom. The summed E-state index contributed by atoms with van der Waals surface area (Å²) in [4.78, 5) is 23.3. The van der Waals surface area contributed by atoms with E-state index in [0.29, 0.717) is 6.42 Å². The molecule has 0 spiro atoms. The van der Waals surface area contributed by atoms with Crippen LogP contribution < -0.4 is 5.32 Å². The van der Waals surface area contributed by atoms with Crippen molar-refractivity contribution in [1.82, 2.24) is 5.32 Å². The first-order valence-electron chi connectivity index (χ1n) is 23.1. The van der Waals surface area contributed by atoms with E-state index in [0.717, 1.165) is 44.9 Å². The summed E-state index contributed by atoms with van der Waals surface area (Å²) in [6.45, 7) is 3.81. The average Bonchev–Trinajstić information content (AvgIpc) is 3.19. The summed E-state index contributed by atoms with van der Waals surface area (Å²) in [5.74, 6) is -0.340. The van der Waals surface area contributed by atoms with Gasteiger partial charge in [0.1, 0.15) is 36.6 Å². The van der Waals surface area contributed by atoms with Crippen LogP contribution >= 0.6 is 7.82 Å². The number of aliphatic hydroxyl groups is 6. The van der Waals surface area contributed by atoms with Crippen LogP contribution in [0.15, 0.2) is 12.2 Å².